The molecule has 36 heavy (non-hydrogen) atoms. The molecule has 0 aromatic carbocycles. The van der Waals surface area contributed by atoms with Crippen LogP contribution in [0, 0.1) is 0 Å². The molecule has 1 aliphatic carbocycles. The number of carbonyl (C=O) groups is 2. The number of nitrogens with one attached hydrogen (secondary N) is 1. The lowest BCUT2D eigenvalue weighted by Crippen LogP contribution is -2.58. The van der Waals surface area contributed by atoms with Crippen LogP contribution in [0.3, 0.4) is 0 Å². The van der Waals surface area contributed by atoms with Crippen molar-refractivity contribution in [3.05, 3.63) is 47.0 Å². The second-order valence-corrected chi connectivity index (χ2v) is 16.2. The number of hydroxylamine groups is 2. The number of carboxylic acid groups (broad SMARTS) is 1. The van der Waals surface area contributed by atoms with Crippen molar-refractivity contribution in [3.63, 3.8) is 0 Å². The predicted octanol–water partition coefficient (Wildman–Crippen LogP) is 4.10. The van der Waals surface area contributed by atoms with E-state index >= 15 is 0 Å². The fourth-order valence-corrected chi connectivity index (χ4v) is 5.70. The Morgan fingerprint density at radius 1 is 1.39 bits per heavy atom. The molecular formula is C25H36IN3O6Si. The Morgan fingerprint density at radius 2 is 2.08 bits per heavy atom. The van der Waals surface area contributed by atoms with Crippen molar-refractivity contribution in [3.8, 4) is 0 Å². The molecule has 2 heterocycles. The summed E-state index contributed by atoms with van der Waals surface area (Å²) in [5, 5.41) is 14.6. The van der Waals surface area contributed by atoms with E-state index in [9.17, 15) is 14.7 Å². The minimum atomic E-state index is -2.54. The number of carboxylic acids is 1. The molecule has 1 amide bonds. The standard InChI is InChI=1S/C25H36IN3O6Si/c1-8-10-16-13-19-25(28-16)21(29(33-5)15-20(30)27-19)18(34-12-9-11-26)14-17(23(31)32)22(25)35-36(6,7)24(2,3)4/h8,10,13-14,22H,9,11-12,15H2,1-7H3,(H,27,30)(H,31,32). The summed E-state index contributed by atoms with van der Waals surface area (Å²) in [6.45, 7) is 12.5. The van der Waals surface area contributed by atoms with Gasteiger partial charge in [0.25, 0.3) is 0 Å². The van der Waals surface area contributed by atoms with Gasteiger partial charge >= 0.3 is 5.97 Å². The number of rotatable bonds is 9. The number of hydrogen-bond donors (Lipinski definition) is 2. The van der Waals surface area contributed by atoms with Crippen LogP contribution in [0.15, 0.2) is 52.0 Å². The first kappa shape index (κ1) is 28.6. The summed E-state index contributed by atoms with van der Waals surface area (Å²) in [6, 6.07) is 0. The summed E-state index contributed by atoms with van der Waals surface area (Å²) in [4.78, 5) is 36.4. The zero-order chi connectivity index (χ0) is 26.9. The monoisotopic (exact) mass is 629 g/mol. The molecule has 3 aliphatic rings. The van der Waals surface area contributed by atoms with Gasteiger partial charge in [0.05, 0.1) is 30.7 Å². The largest absolute Gasteiger partial charge is 0.492 e. The maximum absolute atomic E-state index is 13.0. The number of halogens is 1. The second kappa shape index (κ2) is 10.8. The maximum atomic E-state index is 13.0. The zero-order valence-electron chi connectivity index (χ0n) is 22.0. The quantitative estimate of drug-likeness (QED) is 0.171. The first-order valence-corrected chi connectivity index (χ1v) is 16.4. The third kappa shape index (κ3) is 5.20. The summed E-state index contributed by atoms with van der Waals surface area (Å²) >= 11 is 2.27. The summed E-state index contributed by atoms with van der Waals surface area (Å²) < 4.78 is 13.9. The van der Waals surface area contributed by atoms with E-state index in [1.165, 1.54) is 18.2 Å². The Labute approximate surface area is 227 Å². The molecule has 2 aliphatic heterocycles. The Kier molecular flexibility index (Phi) is 8.58. The Hall–Kier alpha value is -1.96. The molecule has 2 atom stereocenters. The highest BCUT2D eigenvalue weighted by molar-refractivity contribution is 14.1. The molecule has 1 spiro atoms. The van der Waals surface area contributed by atoms with E-state index in [1.54, 1.807) is 6.08 Å². The molecule has 11 heteroatoms. The smallest absolute Gasteiger partial charge is 0.334 e. The molecule has 0 bridgehead atoms. The highest BCUT2D eigenvalue weighted by Gasteiger charge is 2.61. The van der Waals surface area contributed by atoms with Crippen LogP contribution in [0.25, 0.3) is 0 Å². The first-order chi connectivity index (χ1) is 16.8. The van der Waals surface area contributed by atoms with Crippen molar-refractivity contribution >= 4 is 48.5 Å². The number of amides is 1. The molecule has 0 aromatic heterocycles. The van der Waals surface area contributed by atoms with E-state index in [4.69, 9.17) is 19.0 Å². The van der Waals surface area contributed by atoms with Crippen molar-refractivity contribution in [2.45, 2.75) is 63.9 Å². The van der Waals surface area contributed by atoms with Crippen LogP contribution in [0.4, 0.5) is 0 Å². The molecule has 3 rings (SSSR count). The van der Waals surface area contributed by atoms with Crippen molar-refractivity contribution < 1.29 is 28.7 Å². The van der Waals surface area contributed by atoms with E-state index in [0.717, 1.165) is 10.8 Å². The highest BCUT2D eigenvalue weighted by atomic mass is 127. The third-order valence-corrected chi connectivity index (χ3v) is 12.1. The van der Waals surface area contributed by atoms with Gasteiger partial charge in [-0.25, -0.2) is 9.86 Å². The van der Waals surface area contributed by atoms with E-state index < -0.39 is 25.9 Å². The van der Waals surface area contributed by atoms with E-state index in [0.29, 0.717) is 29.5 Å². The maximum Gasteiger partial charge on any atom is 0.334 e. The van der Waals surface area contributed by atoms with Crippen molar-refractivity contribution in [2.75, 3.05) is 24.7 Å². The number of hydrogen-bond acceptors (Lipinski definition) is 7. The Balaban J connectivity index is 2.39. The highest BCUT2D eigenvalue weighted by Crippen LogP contribution is 2.50. The van der Waals surface area contributed by atoms with E-state index in [2.05, 4.69) is 61.8 Å². The van der Waals surface area contributed by atoms with Gasteiger partial charge in [-0.3, -0.25) is 14.6 Å². The van der Waals surface area contributed by atoms with Gasteiger partial charge in [-0.1, -0.05) is 49.4 Å². The van der Waals surface area contributed by atoms with Gasteiger partial charge in [0.15, 0.2) is 13.9 Å². The fourth-order valence-electron chi connectivity index (χ4n) is 4.15. The molecule has 9 nitrogen and oxygen atoms in total. The van der Waals surface area contributed by atoms with Crippen LogP contribution in [-0.4, -0.2) is 72.4 Å². The van der Waals surface area contributed by atoms with Gasteiger partial charge in [0.1, 0.15) is 24.1 Å². The molecule has 1 fully saturated rings. The van der Waals surface area contributed by atoms with Gasteiger partial charge in [0, 0.05) is 4.43 Å². The van der Waals surface area contributed by atoms with Gasteiger partial charge in [-0.05, 0) is 49.7 Å². The van der Waals surface area contributed by atoms with Crippen LogP contribution in [0.2, 0.25) is 18.1 Å². The third-order valence-electron chi connectivity index (χ3n) is 6.92. The molecule has 1 saturated heterocycles. The zero-order valence-corrected chi connectivity index (χ0v) is 25.1. The molecule has 198 valence electrons. The lowest BCUT2D eigenvalue weighted by molar-refractivity contribution is -0.141. The van der Waals surface area contributed by atoms with E-state index in [1.807, 2.05) is 19.1 Å². The number of alkyl halides is 1. The topological polar surface area (TPSA) is 110 Å². The van der Waals surface area contributed by atoms with Gasteiger partial charge < -0.3 is 19.6 Å². The van der Waals surface area contributed by atoms with Crippen molar-refractivity contribution in [2.24, 2.45) is 4.99 Å². The second-order valence-electron chi connectivity index (χ2n) is 10.4. The fraction of sp³-hybridized carbons (Fsp3) is 0.560. The minimum absolute atomic E-state index is 0.0247. The summed E-state index contributed by atoms with van der Waals surface area (Å²) in [6.07, 6.45) is 6.69. The summed E-state index contributed by atoms with van der Waals surface area (Å²) in [5.41, 5.74) is 0.105. The number of allylic oxidation sites excluding steroid dienone is 4. The normalized spacial score (nSPS) is 24.6. The summed E-state index contributed by atoms with van der Waals surface area (Å²) in [5.74, 6) is -1.13. The van der Waals surface area contributed by atoms with Gasteiger partial charge in [-0.15, -0.1) is 0 Å². The van der Waals surface area contributed by atoms with Crippen molar-refractivity contribution in [1.82, 2.24) is 10.4 Å². The number of carbonyl (C=O) groups excluding carboxylic acids is 1. The Morgan fingerprint density at radius 3 is 2.64 bits per heavy atom. The average Bonchev–Trinajstić information content (AvgIpc) is 3.05. The van der Waals surface area contributed by atoms with Crippen LogP contribution in [-0.2, 0) is 23.6 Å². The number of aliphatic carboxylic acids is 1. The molecular weight excluding hydrogens is 593 g/mol. The SMILES string of the molecule is CC=CC1=NC23C(=C1)NC(=O)CN(OC)C2=C(OCCCI)C=C(C(=O)O)C3O[Si](C)(C)C(C)(C)C. The predicted molar refractivity (Wildman–Crippen MR) is 149 cm³/mol. The Bertz CT molecular complexity index is 1070. The molecule has 2 N–H and O–H groups in total. The summed E-state index contributed by atoms with van der Waals surface area (Å²) in [7, 11) is -1.07. The molecule has 2 unspecified atom stereocenters. The average molecular weight is 630 g/mol. The van der Waals surface area contributed by atoms with E-state index in [-0.39, 0.29) is 23.1 Å². The van der Waals surface area contributed by atoms with Crippen molar-refractivity contribution in [1.29, 1.82) is 0 Å². The van der Waals surface area contributed by atoms with Crippen LogP contribution in [0.1, 0.15) is 34.1 Å². The number of aliphatic imine (C=N–C) groups is 1. The van der Waals surface area contributed by atoms with Crippen LogP contribution < -0.4 is 5.32 Å². The number of nitrogens with zero attached hydrogens (tertiary/aromatic N) is 2. The van der Waals surface area contributed by atoms with Gasteiger partial charge in [-0.2, -0.15) is 0 Å². The molecule has 0 radical (unpaired) electrons. The minimum Gasteiger partial charge on any atom is -0.492 e. The molecule has 0 saturated carbocycles. The lowest BCUT2D eigenvalue weighted by Gasteiger charge is -2.48. The molecule has 0 aromatic rings. The van der Waals surface area contributed by atoms with Crippen LogP contribution >= 0.6 is 22.6 Å². The van der Waals surface area contributed by atoms with Gasteiger partial charge in [0.2, 0.25) is 5.91 Å². The lowest BCUT2D eigenvalue weighted by atomic mass is 9.78. The number of ether oxygens (including phenoxy) is 1. The first-order valence-electron chi connectivity index (χ1n) is 11.9. The van der Waals surface area contributed by atoms with Crippen LogP contribution in [0.5, 0.6) is 0 Å².